The quantitative estimate of drug-likeness (QED) is 0.614. The molecule has 0 heterocycles. The lowest BCUT2D eigenvalue weighted by atomic mass is 10.1. The molecule has 1 aromatic carbocycles. The van der Waals surface area contributed by atoms with Crippen molar-refractivity contribution in [3.05, 3.63) is 39.9 Å². The van der Waals surface area contributed by atoms with E-state index in [1.807, 2.05) is 6.26 Å². The van der Waals surface area contributed by atoms with E-state index >= 15 is 0 Å². The summed E-state index contributed by atoms with van der Waals surface area (Å²) in [5.74, 6) is 0.146. The molecule has 0 radical (unpaired) electrons. The van der Waals surface area contributed by atoms with Crippen molar-refractivity contribution in [2.75, 3.05) is 12.0 Å². The molecule has 20 heavy (non-hydrogen) atoms. The van der Waals surface area contributed by atoms with Crippen LogP contribution in [0.2, 0.25) is 0 Å². The molecule has 108 valence electrons. The molecule has 0 bridgehead atoms. The highest BCUT2D eigenvalue weighted by molar-refractivity contribution is 7.98. The van der Waals surface area contributed by atoms with Gasteiger partial charge in [0, 0.05) is 17.7 Å². The number of hydrogen-bond donors (Lipinski definition) is 1. The van der Waals surface area contributed by atoms with Gasteiger partial charge in [-0.05, 0) is 31.4 Å². The Hall–Kier alpha value is -1.89. The number of carbonyl (C=O) groups excluding carboxylic acids is 2. The molecule has 1 aromatic rings. The van der Waals surface area contributed by atoms with Crippen molar-refractivity contribution < 1.29 is 14.5 Å². The first-order valence-corrected chi connectivity index (χ1v) is 7.39. The van der Waals surface area contributed by atoms with Crippen LogP contribution in [0.5, 0.6) is 0 Å². The van der Waals surface area contributed by atoms with E-state index in [9.17, 15) is 19.7 Å². The molecule has 1 rings (SSSR count). The third-order valence-electron chi connectivity index (χ3n) is 2.73. The molecular formula is C13H16N2O4S. The minimum atomic E-state index is -0.563. The number of nitro benzene ring substituents is 1. The maximum Gasteiger partial charge on any atom is 0.270 e. The number of amides is 1. The van der Waals surface area contributed by atoms with E-state index in [1.54, 1.807) is 11.8 Å². The highest BCUT2D eigenvalue weighted by atomic mass is 32.2. The summed E-state index contributed by atoms with van der Waals surface area (Å²) in [7, 11) is 0. The predicted molar refractivity (Wildman–Crippen MR) is 78.0 cm³/mol. The zero-order chi connectivity index (χ0) is 15.1. The number of non-ortho nitro benzene ring substituents is 1. The highest BCUT2D eigenvalue weighted by Crippen LogP contribution is 2.13. The minimum absolute atomic E-state index is 0.127. The van der Waals surface area contributed by atoms with Gasteiger partial charge < -0.3 is 5.32 Å². The Morgan fingerprint density at radius 3 is 2.70 bits per heavy atom. The maximum absolute atomic E-state index is 12.0. The second kappa shape index (κ2) is 7.64. The molecule has 0 saturated carbocycles. The lowest BCUT2D eigenvalue weighted by Crippen LogP contribution is -2.40. The molecule has 0 fully saturated rings. The third-order valence-corrected chi connectivity index (χ3v) is 3.37. The number of hydrogen-bond acceptors (Lipinski definition) is 5. The molecule has 0 unspecified atom stereocenters. The number of nitrogens with one attached hydrogen (secondary N) is 1. The average Bonchev–Trinajstić information content (AvgIpc) is 2.42. The number of Topliss-reactive ketones (excluding diaryl/α,β-unsaturated/α-hetero) is 1. The summed E-state index contributed by atoms with van der Waals surface area (Å²) >= 11 is 1.58. The van der Waals surface area contributed by atoms with Gasteiger partial charge in [0.25, 0.3) is 11.6 Å². The SMILES string of the molecule is CSCC[C@H](NC(=O)c1cccc([N+](=O)[O-])c1)C(C)=O. The molecule has 0 aliphatic rings. The second-order valence-electron chi connectivity index (χ2n) is 4.23. The van der Waals surface area contributed by atoms with Crippen molar-refractivity contribution in [2.24, 2.45) is 0 Å². The normalized spacial score (nSPS) is 11.7. The van der Waals surface area contributed by atoms with E-state index in [1.165, 1.54) is 31.2 Å². The van der Waals surface area contributed by atoms with E-state index in [4.69, 9.17) is 0 Å². The Kier molecular flexibility index (Phi) is 6.17. The van der Waals surface area contributed by atoms with Crippen LogP contribution in [0.3, 0.4) is 0 Å². The van der Waals surface area contributed by atoms with Gasteiger partial charge in [-0.15, -0.1) is 0 Å². The number of nitro groups is 1. The lowest BCUT2D eigenvalue weighted by molar-refractivity contribution is -0.384. The number of rotatable bonds is 7. The fourth-order valence-electron chi connectivity index (χ4n) is 1.62. The van der Waals surface area contributed by atoms with Gasteiger partial charge in [-0.2, -0.15) is 11.8 Å². The van der Waals surface area contributed by atoms with Gasteiger partial charge in [0.15, 0.2) is 5.78 Å². The van der Waals surface area contributed by atoms with E-state index < -0.39 is 16.9 Å². The first-order valence-electron chi connectivity index (χ1n) is 6.00. The number of carbonyl (C=O) groups is 2. The zero-order valence-corrected chi connectivity index (χ0v) is 12.1. The van der Waals surface area contributed by atoms with Crippen LogP contribution in [-0.2, 0) is 4.79 Å². The van der Waals surface area contributed by atoms with Crippen LogP contribution in [0.15, 0.2) is 24.3 Å². The fraction of sp³-hybridized carbons (Fsp3) is 0.385. The molecule has 1 amide bonds. The van der Waals surface area contributed by atoms with Gasteiger partial charge in [-0.1, -0.05) is 6.07 Å². The molecule has 1 N–H and O–H groups in total. The van der Waals surface area contributed by atoms with Crippen molar-refractivity contribution in [1.82, 2.24) is 5.32 Å². The van der Waals surface area contributed by atoms with Crippen molar-refractivity contribution in [3.63, 3.8) is 0 Å². The largest absolute Gasteiger partial charge is 0.342 e. The zero-order valence-electron chi connectivity index (χ0n) is 11.3. The summed E-state index contributed by atoms with van der Waals surface area (Å²) in [5, 5.41) is 13.3. The first kappa shape index (κ1) is 16.2. The summed E-state index contributed by atoms with van der Waals surface area (Å²) in [6, 6.07) is 4.87. The predicted octanol–water partition coefficient (Wildman–Crippen LogP) is 2.04. The van der Waals surface area contributed by atoms with Crippen molar-refractivity contribution in [2.45, 2.75) is 19.4 Å². The van der Waals surface area contributed by atoms with Gasteiger partial charge in [-0.3, -0.25) is 19.7 Å². The van der Waals surface area contributed by atoms with E-state index in [0.29, 0.717) is 6.42 Å². The molecule has 0 aliphatic heterocycles. The van der Waals surface area contributed by atoms with Crippen LogP contribution in [0.4, 0.5) is 5.69 Å². The molecule has 0 saturated heterocycles. The second-order valence-corrected chi connectivity index (χ2v) is 5.21. The van der Waals surface area contributed by atoms with E-state index in [-0.39, 0.29) is 17.0 Å². The van der Waals surface area contributed by atoms with Gasteiger partial charge in [0.1, 0.15) is 0 Å². The molecule has 1 atom stereocenters. The summed E-state index contributed by atoms with van der Waals surface area (Å²) in [5.41, 5.74) is 0.0238. The van der Waals surface area contributed by atoms with Crippen LogP contribution in [0.1, 0.15) is 23.7 Å². The Labute approximate surface area is 121 Å². The van der Waals surface area contributed by atoms with E-state index in [0.717, 1.165) is 5.75 Å². The number of nitrogens with zero attached hydrogens (tertiary/aromatic N) is 1. The fourth-order valence-corrected chi connectivity index (χ4v) is 2.09. The number of benzene rings is 1. The molecule has 0 aliphatic carbocycles. The number of thioether (sulfide) groups is 1. The molecule has 7 heteroatoms. The Morgan fingerprint density at radius 2 is 2.15 bits per heavy atom. The maximum atomic E-state index is 12.0. The molecule has 0 spiro atoms. The molecular weight excluding hydrogens is 280 g/mol. The monoisotopic (exact) mass is 296 g/mol. The summed E-state index contributed by atoms with van der Waals surface area (Å²) < 4.78 is 0. The summed E-state index contributed by atoms with van der Waals surface area (Å²) in [6.07, 6.45) is 2.46. The van der Waals surface area contributed by atoms with Gasteiger partial charge in [0.2, 0.25) is 0 Å². The smallest absolute Gasteiger partial charge is 0.270 e. The number of ketones is 1. The van der Waals surface area contributed by atoms with Gasteiger partial charge in [-0.25, -0.2) is 0 Å². The Balaban J connectivity index is 2.80. The standard InChI is InChI=1S/C13H16N2O4S/c1-9(16)12(6-7-20-2)14-13(17)10-4-3-5-11(8-10)15(18)19/h3-5,8,12H,6-7H2,1-2H3,(H,14,17)/t12-/m0/s1. The first-order chi connectivity index (χ1) is 9.45. The molecule has 0 aromatic heterocycles. The van der Waals surface area contributed by atoms with Crippen molar-refractivity contribution in [1.29, 1.82) is 0 Å². The average molecular weight is 296 g/mol. The topological polar surface area (TPSA) is 89.3 Å². The van der Waals surface area contributed by atoms with Crippen LogP contribution in [0.25, 0.3) is 0 Å². The summed E-state index contributed by atoms with van der Waals surface area (Å²) in [4.78, 5) is 33.6. The molecule has 6 nitrogen and oxygen atoms in total. The van der Waals surface area contributed by atoms with Gasteiger partial charge in [0.05, 0.1) is 11.0 Å². The van der Waals surface area contributed by atoms with E-state index in [2.05, 4.69) is 5.32 Å². The van der Waals surface area contributed by atoms with Gasteiger partial charge >= 0.3 is 0 Å². The van der Waals surface area contributed by atoms with Crippen LogP contribution in [-0.4, -0.2) is 34.7 Å². The van der Waals surface area contributed by atoms with Crippen molar-refractivity contribution >= 4 is 29.1 Å². The van der Waals surface area contributed by atoms with Crippen LogP contribution >= 0.6 is 11.8 Å². The highest BCUT2D eigenvalue weighted by Gasteiger charge is 2.18. The van der Waals surface area contributed by atoms with Crippen LogP contribution < -0.4 is 5.32 Å². The Bertz CT molecular complexity index is 519. The van der Waals surface area contributed by atoms with Crippen LogP contribution in [0, 0.1) is 10.1 Å². The lowest BCUT2D eigenvalue weighted by Gasteiger charge is -2.15. The summed E-state index contributed by atoms with van der Waals surface area (Å²) in [6.45, 7) is 1.42. The minimum Gasteiger partial charge on any atom is -0.342 e. The van der Waals surface area contributed by atoms with Crippen molar-refractivity contribution in [3.8, 4) is 0 Å². The third kappa shape index (κ3) is 4.65. The Morgan fingerprint density at radius 1 is 1.45 bits per heavy atom.